The van der Waals surface area contributed by atoms with Gasteiger partial charge in [0.1, 0.15) is 0 Å². The molecule has 2 aromatic rings. The van der Waals surface area contributed by atoms with Crippen LogP contribution in [0.2, 0.25) is 0 Å². The van der Waals surface area contributed by atoms with Crippen LogP contribution in [0.4, 0.5) is 15.9 Å². The van der Waals surface area contributed by atoms with Crippen LogP contribution in [0.15, 0.2) is 42.6 Å². The number of nitrogens with one attached hydrogen (secondary N) is 1. The van der Waals surface area contributed by atoms with Gasteiger partial charge in [-0.25, -0.2) is 9.37 Å². The molecule has 0 aliphatic heterocycles. The van der Waals surface area contributed by atoms with Crippen molar-refractivity contribution in [3.8, 4) is 0 Å². The van der Waals surface area contributed by atoms with Crippen molar-refractivity contribution in [2.24, 2.45) is 0 Å². The van der Waals surface area contributed by atoms with Crippen LogP contribution in [-0.4, -0.2) is 18.1 Å². The van der Waals surface area contributed by atoms with Gasteiger partial charge in [-0.15, -0.1) is 0 Å². The Morgan fingerprint density at radius 1 is 1.25 bits per heavy atom. The van der Waals surface area contributed by atoms with Gasteiger partial charge in [-0.05, 0) is 31.0 Å². The molecule has 1 aliphatic rings. The molecule has 1 aliphatic carbocycles. The summed E-state index contributed by atoms with van der Waals surface area (Å²) in [4.78, 5) is 5.95. The van der Waals surface area contributed by atoms with Gasteiger partial charge in [-0.1, -0.05) is 18.2 Å². The summed E-state index contributed by atoms with van der Waals surface area (Å²) in [5, 5.41) is 3.33. The summed E-state index contributed by atoms with van der Waals surface area (Å²) >= 11 is 0. The van der Waals surface area contributed by atoms with Crippen LogP contribution in [0.1, 0.15) is 18.4 Å². The quantitative estimate of drug-likeness (QED) is 0.905. The van der Waals surface area contributed by atoms with Gasteiger partial charge in [0.25, 0.3) is 0 Å². The van der Waals surface area contributed by atoms with Crippen molar-refractivity contribution in [3.63, 3.8) is 0 Å². The molecule has 4 heteroatoms. The summed E-state index contributed by atoms with van der Waals surface area (Å²) < 4.78 is 14.5. The largest absolute Gasteiger partial charge is 0.327 e. The number of para-hydroxylation sites is 1. The number of anilines is 2. The third-order valence-corrected chi connectivity index (χ3v) is 3.57. The zero-order chi connectivity index (χ0) is 13.9. The van der Waals surface area contributed by atoms with Crippen molar-refractivity contribution in [1.29, 1.82) is 0 Å². The van der Waals surface area contributed by atoms with Crippen LogP contribution in [0, 0.1) is 5.82 Å². The molecule has 0 spiro atoms. The van der Waals surface area contributed by atoms with Crippen LogP contribution < -0.4 is 10.2 Å². The lowest BCUT2D eigenvalue weighted by Crippen LogP contribution is -2.19. The summed E-state index contributed by atoms with van der Waals surface area (Å²) in [5.41, 5.74) is 1.59. The van der Waals surface area contributed by atoms with E-state index in [0.717, 1.165) is 5.69 Å². The lowest BCUT2D eigenvalue weighted by atomic mass is 10.2. The Kier molecular flexibility index (Phi) is 3.65. The number of rotatable bonds is 5. The van der Waals surface area contributed by atoms with E-state index in [0.29, 0.717) is 24.0 Å². The van der Waals surface area contributed by atoms with E-state index in [4.69, 9.17) is 0 Å². The van der Waals surface area contributed by atoms with Crippen molar-refractivity contribution in [2.45, 2.75) is 25.4 Å². The molecular weight excluding hydrogens is 253 g/mol. The van der Waals surface area contributed by atoms with Crippen LogP contribution in [0.3, 0.4) is 0 Å². The molecule has 1 heterocycles. The van der Waals surface area contributed by atoms with E-state index in [2.05, 4.69) is 10.3 Å². The van der Waals surface area contributed by atoms with E-state index < -0.39 is 0 Å². The zero-order valence-electron chi connectivity index (χ0n) is 11.5. The standard InChI is InChI=1S/C16H18FN3/c1-20(14-5-3-2-4-6-14)16-15(17)12(9-10-18-16)11-19-13-7-8-13/h2-6,9-10,13,19H,7-8,11H2,1H3. The van der Waals surface area contributed by atoms with E-state index in [1.165, 1.54) is 12.8 Å². The zero-order valence-corrected chi connectivity index (χ0v) is 11.5. The molecule has 3 nitrogen and oxygen atoms in total. The fourth-order valence-corrected chi connectivity index (χ4v) is 2.16. The summed E-state index contributed by atoms with van der Waals surface area (Å²) in [6.07, 6.45) is 4.06. The van der Waals surface area contributed by atoms with Gasteiger partial charge in [0.15, 0.2) is 11.6 Å². The molecule has 20 heavy (non-hydrogen) atoms. The molecule has 0 amide bonds. The maximum atomic E-state index is 14.5. The Bertz CT molecular complexity index is 582. The fourth-order valence-electron chi connectivity index (χ4n) is 2.16. The molecule has 1 fully saturated rings. The fraction of sp³-hybridized carbons (Fsp3) is 0.312. The molecular formula is C16H18FN3. The second-order valence-electron chi connectivity index (χ2n) is 5.16. The van der Waals surface area contributed by atoms with Crippen molar-refractivity contribution in [1.82, 2.24) is 10.3 Å². The van der Waals surface area contributed by atoms with Crippen molar-refractivity contribution in [2.75, 3.05) is 11.9 Å². The maximum absolute atomic E-state index is 14.5. The molecule has 1 N–H and O–H groups in total. The molecule has 0 unspecified atom stereocenters. The smallest absolute Gasteiger partial charge is 0.170 e. The molecule has 1 aromatic carbocycles. The predicted octanol–water partition coefficient (Wildman–Crippen LogP) is 3.24. The van der Waals surface area contributed by atoms with E-state index in [1.54, 1.807) is 17.2 Å². The third-order valence-electron chi connectivity index (χ3n) is 3.57. The molecule has 1 aromatic heterocycles. The first-order valence-electron chi connectivity index (χ1n) is 6.91. The molecule has 0 saturated heterocycles. The third kappa shape index (κ3) is 2.80. The Balaban J connectivity index is 1.83. The van der Waals surface area contributed by atoms with Crippen LogP contribution >= 0.6 is 0 Å². The van der Waals surface area contributed by atoms with Crippen LogP contribution in [0.5, 0.6) is 0 Å². The van der Waals surface area contributed by atoms with Crippen molar-refractivity contribution in [3.05, 3.63) is 54.0 Å². The molecule has 104 valence electrons. The summed E-state index contributed by atoms with van der Waals surface area (Å²) in [5.74, 6) is 0.123. The maximum Gasteiger partial charge on any atom is 0.170 e. The monoisotopic (exact) mass is 271 g/mol. The first kappa shape index (κ1) is 13.1. The van der Waals surface area contributed by atoms with Gasteiger partial charge >= 0.3 is 0 Å². The molecule has 0 bridgehead atoms. The van der Waals surface area contributed by atoms with Gasteiger partial charge in [-0.3, -0.25) is 0 Å². The number of nitrogens with zero attached hydrogens (tertiary/aromatic N) is 2. The Labute approximate surface area is 118 Å². The highest BCUT2D eigenvalue weighted by Crippen LogP contribution is 2.26. The minimum Gasteiger partial charge on any atom is -0.327 e. The summed E-state index contributed by atoms with van der Waals surface area (Å²) in [6.45, 7) is 0.564. The first-order valence-corrected chi connectivity index (χ1v) is 6.91. The minimum absolute atomic E-state index is 0.244. The van der Waals surface area contributed by atoms with E-state index in [-0.39, 0.29) is 5.82 Å². The topological polar surface area (TPSA) is 28.2 Å². The van der Waals surface area contributed by atoms with Crippen molar-refractivity contribution >= 4 is 11.5 Å². The number of aromatic nitrogens is 1. The number of pyridine rings is 1. The second-order valence-corrected chi connectivity index (χ2v) is 5.16. The highest BCUT2D eigenvalue weighted by Gasteiger charge is 2.21. The SMILES string of the molecule is CN(c1ccccc1)c1nccc(CNC2CC2)c1F. The van der Waals surface area contributed by atoms with Gasteiger partial charge in [0.05, 0.1) is 0 Å². The lowest BCUT2D eigenvalue weighted by molar-refractivity contribution is 0.582. The summed E-state index contributed by atoms with van der Waals surface area (Å²) in [7, 11) is 1.83. The Morgan fingerprint density at radius 2 is 2.00 bits per heavy atom. The number of halogens is 1. The van der Waals surface area contributed by atoms with E-state index >= 15 is 0 Å². The Hall–Kier alpha value is -1.94. The second kappa shape index (κ2) is 5.59. The number of hydrogen-bond acceptors (Lipinski definition) is 3. The molecule has 0 atom stereocenters. The molecule has 3 rings (SSSR count). The Morgan fingerprint density at radius 3 is 2.70 bits per heavy atom. The highest BCUT2D eigenvalue weighted by molar-refractivity contribution is 5.59. The molecule has 0 radical (unpaired) electrons. The van der Waals surface area contributed by atoms with Crippen LogP contribution in [0.25, 0.3) is 0 Å². The van der Waals surface area contributed by atoms with Crippen LogP contribution in [-0.2, 0) is 6.54 Å². The van der Waals surface area contributed by atoms with Gasteiger partial charge in [0, 0.05) is 37.1 Å². The van der Waals surface area contributed by atoms with E-state index in [1.807, 2.05) is 37.4 Å². The highest BCUT2D eigenvalue weighted by atomic mass is 19.1. The van der Waals surface area contributed by atoms with Gasteiger partial charge < -0.3 is 10.2 Å². The average Bonchev–Trinajstić information content (AvgIpc) is 3.31. The minimum atomic E-state index is -0.244. The normalized spacial score (nSPS) is 14.3. The van der Waals surface area contributed by atoms with Gasteiger partial charge in [-0.2, -0.15) is 0 Å². The number of benzene rings is 1. The number of hydrogen-bond donors (Lipinski definition) is 1. The molecule has 1 saturated carbocycles. The average molecular weight is 271 g/mol. The van der Waals surface area contributed by atoms with E-state index in [9.17, 15) is 4.39 Å². The summed E-state index contributed by atoms with van der Waals surface area (Å²) in [6, 6.07) is 12.0. The van der Waals surface area contributed by atoms with Gasteiger partial charge in [0.2, 0.25) is 0 Å². The van der Waals surface area contributed by atoms with Crippen molar-refractivity contribution < 1.29 is 4.39 Å². The first-order chi connectivity index (χ1) is 9.75. The lowest BCUT2D eigenvalue weighted by Gasteiger charge is -2.20. The predicted molar refractivity (Wildman–Crippen MR) is 78.6 cm³/mol.